The molecule has 3 heteroatoms. The first kappa shape index (κ1) is 12.8. The number of allylic oxidation sites excluding steroid dienone is 1. The monoisotopic (exact) mass is 221 g/mol. The molecule has 0 aromatic heterocycles. The molecule has 1 aliphatic heterocycles. The van der Waals surface area contributed by atoms with Gasteiger partial charge >= 0.3 is 0 Å². The molecule has 0 saturated carbocycles. The number of amidine groups is 1. The summed E-state index contributed by atoms with van der Waals surface area (Å²) in [5, 5.41) is 3.15. The van der Waals surface area contributed by atoms with Crippen molar-refractivity contribution in [3.05, 3.63) is 24.2 Å². The first-order valence-corrected chi connectivity index (χ1v) is 5.88. The van der Waals surface area contributed by atoms with Gasteiger partial charge in [-0.05, 0) is 24.5 Å². The molecule has 0 fully saturated rings. The molecule has 1 aliphatic rings. The first-order chi connectivity index (χ1) is 7.42. The van der Waals surface area contributed by atoms with Gasteiger partial charge in [0, 0.05) is 17.8 Å². The summed E-state index contributed by atoms with van der Waals surface area (Å²) in [4.78, 5) is 4.42. The third-order valence-electron chi connectivity index (χ3n) is 2.45. The van der Waals surface area contributed by atoms with Crippen molar-refractivity contribution in [2.45, 2.75) is 40.5 Å². The second kappa shape index (κ2) is 5.19. The van der Waals surface area contributed by atoms with Crippen LogP contribution in [0.2, 0.25) is 0 Å². The van der Waals surface area contributed by atoms with E-state index in [2.05, 4.69) is 44.1 Å². The van der Waals surface area contributed by atoms with Crippen LogP contribution in [-0.2, 0) is 0 Å². The van der Waals surface area contributed by atoms with Crippen molar-refractivity contribution in [3.8, 4) is 0 Å². The Morgan fingerprint density at radius 2 is 2.25 bits per heavy atom. The number of hydrogen-bond donors (Lipinski definition) is 2. The molecule has 0 amide bonds. The molecule has 3 N–H and O–H groups in total. The van der Waals surface area contributed by atoms with Gasteiger partial charge in [-0.25, -0.2) is 4.99 Å². The molecule has 0 aromatic rings. The Morgan fingerprint density at radius 1 is 1.56 bits per heavy atom. The molecular formula is C13H23N3. The van der Waals surface area contributed by atoms with Gasteiger partial charge in [-0.15, -0.1) is 0 Å². The molecule has 90 valence electrons. The topological polar surface area (TPSA) is 50.4 Å². The van der Waals surface area contributed by atoms with Crippen LogP contribution in [-0.4, -0.2) is 5.84 Å². The predicted molar refractivity (Wildman–Crippen MR) is 69.8 cm³/mol. The van der Waals surface area contributed by atoms with Crippen LogP contribution in [0.3, 0.4) is 0 Å². The van der Waals surface area contributed by atoms with Crippen LogP contribution < -0.4 is 11.1 Å². The van der Waals surface area contributed by atoms with Crippen molar-refractivity contribution in [1.82, 2.24) is 5.32 Å². The molecule has 1 unspecified atom stereocenters. The lowest BCUT2D eigenvalue weighted by atomic mass is 9.91. The Morgan fingerprint density at radius 3 is 2.81 bits per heavy atom. The van der Waals surface area contributed by atoms with E-state index in [1.165, 1.54) is 0 Å². The van der Waals surface area contributed by atoms with Crippen LogP contribution in [0.1, 0.15) is 40.5 Å². The summed E-state index contributed by atoms with van der Waals surface area (Å²) >= 11 is 0. The molecule has 1 heterocycles. The van der Waals surface area contributed by atoms with Gasteiger partial charge in [-0.1, -0.05) is 33.8 Å². The second-order valence-electron chi connectivity index (χ2n) is 5.47. The van der Waals surface area contributed by atoms with E-state index in [9.17, 15) is 0 Å². The number of nitrogens with zero attached hydrogens (tertiary/aromatic N) is 1. The van der Waals surface area contributed by atoms with Crippen LogP contribution in [0.5, 0.6) is 0 Å². The van der Waals surface area contributed by atoms with E-state index in [-0.39, 0.29) is 5.41 Å². The van der Waals surface area contributed by atoms with Gasteiger partial charge in [0.25, 0.3) is 0 Å². The van der Waals surface area contributed by atoms with E-state index < -0.39 is 0 Å². The lowest BCUT2D eigenvalue weighted by Crippen LogP contribution is -2.19. The van der Waals surface area contributed by atoms with Gasteiger partial charge in [0.1, 0.15) is 5.84 Å². The van der Waals surface area contributed by atoms with E-state index in [4.69, 9.17) is 5.73 Å². The van der Waals surface area contributed by atoms with Gasteiger partial charge in [-0.2, -0.15) is 0 Å². The van der Waals surface area contributed by atoms with E-state index in [1.807, 2.05) is 6.20 Å². The summed E-state index contributed by atoms with van der Waals surface area (Å²) < 4.78 is 0. The second-order valence-corrected chi connectivity index (χ2v) is 5.47. The molecule has 16 heavy (non-hydrogen) atoms. The fourth-order valence-corrected chi connectivity index (χ4v) is 1.72. The maximum atomic E-state index is 5.93. The van der Waals surface area contributed by atoms with E-state index in [0.717, 1.165) is 24.4 Å². The Balaban J connectivity index is 2.61. The molecule has 0 aromatic carbocycles. The molecule has 0 saturated heterocycles. The van der Waals surface area contributed by atoms with Crippen LogP contribution in [0.15, 0.2) is 29.2 Å². The summed E-state index contributed by atoms with van der Waals surface area (Å²) in [5.41, 5.74) is 6.98. The highest BCUT2D eigenvalue weighted by Gasteiger charge is 2.14. The van der Waals surface area contributed by atoms with Crippen molar-refractivity contribution in [2.24, 2.45) is 22.1 Å². The number of hydrogen-bond acceptors (Lipinski definition) is 2. The Kier molecular flexibility index (Phi) is 4.16. The van der Waals surface area contributed by atoms with Crippen molar-refractivity contribution >= 4 is 5.84 Å². The van der Waals surface area contributed by atoms with Gasteiger partial charge in [0.15, 0.2) is 0 Å². The van der Waals surface area contributed by atoms with Crippen molar-refractivity contribution in [3.63, 3.8) is 0 Å². The highest BCUT2D eigenvalue weighted by molar-refractivity contribution is 5.89. The van der Waals surface area contributed by atoms with Crippen LogP contribution in [0.25, 0.3) is 0 Å². The molecule has 0 spiro atoms. The minimum atomic E-state index is 0.215. The van der Waals surface area contributed by atoms with Gasteiger partial charge in [-0.3, -0.25) is 0 Å². The fourth-order valence-electron chi connectivity index (χ4n) is 1.72. The summed E-state index contributed by atoms with van der Waals surface area (Å²) in [6.45, 7) is 8.67. The van der Waals surface area contributed by atoms with Gasteiger partial charge < -0.3 is 11.1 Å². The average Bonchev–Trinajstić information content (AvgIpc) is 2.59. The number of nitrogens with one attached hydrogen (secondary N) is 1. The maximum Gasteiger partial charge on any atom is 0.112 e. The van der Waals surface area contributed by atoms with Crippen LogP contribution >= 0.6 is 0 Å². The number of rotatable bonds is 3. The summed E-state index contributed by atoms with van der Waals surface area (Å²) in [7, 11) is 0. The lowest BCUT2D eigenvalue weighted by molar-refractivity contribution is 0.407. The number of nitrogens with two attached hydrogens (primary N) is 1. The van der Waals surface area contributed by atoms with Gasteiger partial charge in [0.05, 0.1) is 0 Å². The third kappa shape index (κ3) is 4.09. The third-order valence-corrected chi connectivity index (χ3v) is 2.45. The summed E-state index contributed by atoms with van der Waals surface area (Å²) in [5.74, 6) is 1.41. The zero-order valence-corrected chi connectivity index (χ0v) is 10.7. The number of aliphatic imine (C=N–C) groups is 1. The summed E-state index contributed by atoms with van der Waals surface area (Å²) in [6.07, 6.45) is 7.79. The minimum Gasteiger partial charge on any atom is -0.401 e. The largest absolute Gasteiger partial charge is 0.401 e. The molecule has 3 nitrogen and oxygen atoms in total. The maximum absolute atomic E-state index is 5.93. The lowest BCUT2D eigenvalue weighted by Gasteiger charge is -2.17. The highest BCUT2D eigenvalue weighted by Crippen LogP contribution is 2.21. The molecule has 1 atom stereocenters. The highest BCUT2D eigenvalue weighted by atomic mass is 15.0. The SMILES string of the molecule is CCC1C=CNC1=N/C=C(/N)CC(C)(C)C. The predicted octanol–water partition coefficient (Wildman–Crippen LogP) is 2.76. The molecular weight excluding hydrogens is 198 g/mol. The Labute approximate surface area is 98.5 Å². The standard InChI is InChI=1S/C13H23N3/c1-5-10-6-7-15-12(10)16-9-11(14)8-13(2,3)4/h6-7,9-10H,5,8,14H2,1-4H3,(H,15,16)/b11-9+. The first-order valence-electron chi connectivity index (χ1n) is 5.88. The molecule has 0 bridgehead atoms. The summed E-state index contributed by atoms with van der Waals surface area (Å²) in [6, 6.07) is 0. The van der Waals surface area contributed by atoms with Gasteiger partial charge in [0.2, 0.25) is 0 Å². The zero-order chi connectivity index (χ0) is 12.2. The quantitative estimate of drug-likeness (QED) is 0.770. The normalized spacial score (nSPS) is 23.9. The molecule has 0 aliphatic carbocycles. The van der Waals surface area contributed by atoms with E-state index in [0.29, 0.717) is 5.92 Å². The zero-order valence-electron chi connectivity index (χ0n) is 10.7. The van der Waals surface area contributed by atoms with Crippen LogP contribution in [0.4, 0.5) is 0 Å². The molecule has 0 radical (unpaired) electrons. The van der Waals surface area contributed by atoms with E-state index >= 15 is 0 Å². The minimum absolute atomic E-state index is 0.215. The van der Waals surface area contributed by atoms with Crippen molar-refractivity contribution in [2.75, 3.05) is 0 Å². The average molecular weight is 221 g/mol. The van der Waals surface area contributed by atoms with Crippen molar-refractivity contribution in [1.29, 1.82) is 0 Å². The van der Waals surface area contributed by atoms with Crippen molar-refractivity contribution < 1.29 is 0 Å². The van der Waals surface area contributed by atoms with E-state index in [1.54, 1.807) is 6.20 Å². The Hall–Kier alpha value is -1.25. The molecule has 1 rings (SSSR count). The Bertz CT molecular complexity index is 319. The van der Waals surface area contributed by atoms with Crippen LogP contribution in [0, 0.1) is 11.3 Å². The fraction of sp³-hybridized carbons (Fsp3) is 0.615. The smallest absolute Gasteiger partial charge is 0.112 e.